The predicted molar refractivity (Wildman–Crippen MR) is 146 cm³/mol. The van der Waals surface area contributed by atoms with E-state index in [1.165, 1.54) is 17.0 Å². The molecule has 2 saturated heterocycles. The van der Waals surface area contributed by atoms with Gasteiger partial charge in [-0.3, -0.25) is 14.5 Å². The van der Waals surface area contributed by atoms with Crippen LogP contribution < -0.4 is 4.74 Å². The summed E-state index contributed by atoms with van der Waals surface area (Å²) in [4.78, 5) is 30.1. The SMILES string of the molecule is Cc1cccc(COc2ccc(/C(O)=C3\C(=O)C(=O)N(CCN4CCOCC4)C3c3cccc(O)c3)cc2)c1. The van der Waals surface area contributed by atoms with Crippen molar-refractivity contribution in [2.45, 2.75) is 19.6 Å². The lowest BCUT2D eigenvalue weighted by Gasteiger charge is -2.31. The van der Waals surface area contributed by atoms with Crippen molar-refractivity contribution in [2.75, 3.05) is 39.4 Å². The number of amides is 1. The number of phenols is 1. The number of hydrogen-bond donors (Lipinski definition) is 2. The highest BCUT2D eigenvalue weighted by Gasteiger charge is 2.46. The molecule has 2 aliphatic heterocycles. The van der Waals surface area contributed by atoms with Crippen molar-refractivity contribution in [3.05, 3.63) is 101 Å². The summed E-state index contributed by atoms with van der Waals surface area (Å²) in [5.41, 5.74) is 3.15. The molecule has 0 radical (unpaired) electrons. The molecule has 3 aromatic rings. The highest BCUT2D eigenvalue weighted by Crippen LogP contribution is 2.40. The lowest BCUT2D eigenvalue weighted by molar-refractivity contribution is -0.140. The molecular weight excluding hydrogens is 496 g/mol. The van der Waals surface area contributed by atoms with Gasteiger partial charge in [0.15, 0.2) is 0 Å². The van der Waals surface area contributed by atoms with Gasteiger partial charge in [-0.2, -0.15) is 0 Å². The second-order valence-corrected chi connectivity index (χ2v) is 9.84. The molecule has 1 atom stereocenters. The maximum atomic E-state index is 13.3. The van der Waals surface area contributed by atoms with Crippen LogP contribution >= 0.6 is 0 Å². The average molecular weight is 529 g/mol. The molecule has 8 heteroatoms. The van der Waals surface area contributed by atoms with E-state index in [4.69, 9.17) is 9.47 Å². The molecule has 0 spiro atoms. The fourth-order valence-corrected chi connectivity index (χ4v) is 5.06. The maximum Gasteiger partial charge on any atom is 0.295 e. The minimum absolute atomic E-state index is 0.000932. The Morgan fingerprint density at radius 3 is 2.44 bits per heavy atom. The van der Waals surface area contributed by atoms with Gasteiger partial charge in [-0.05, 0) is 54.4 Å². The number of aryl methyl sites for hydroxylation is 1. The van der Waals surface area contributed by atoms with E-state index < -0.39 is 17.7 Å². The van der Waals surface area contributed by atoms with Crippen LogP contribution in [0.1, 0.15) is 28.3 Å². The van der Waals surface area contributed by atoms with E-state index in [0.717, 1.165) is 24.2 Å². The number of carbonyl (C=O) groups excluding carboxylic acids is 2. The topological polar surface area (TPSA) is 99.5 Å². The number of hydrogen-bond acceptors (Lipinski definition) is 7. The van der Waals surface area contributed by atoms with Gasteiger partial charge in [0, 0.05) is 31.7 Å². The number of aromatic hydroxyl groups is 1. The van der Waals surface area contributed by atoms with Crippen molar-refractivity contribution in [2.24, 2.45) is 0 Å². The molecule has 8 nitrogen and oxygen atoms in total. The van der Waals surface area contributed by atoms with Crippen LogP contribution in [0.5, 0.6) is 11.5 Å². The predicted octanol–water partition coefficient (Wildman–Crippen LogP) is 4.03. The van der Waals surface area contributed by atoms with Crippen molar-refractivity contribution in [1.29, 1.82) is 0 Å². The highest BCUT2D eigenvalue weighted by atomic mass is 16.5. The molecule has 0 bridgehead atoms. The van der Waals surface area contributed by atoms with E-state index in [9.17, 15) is 19.8 Å². The Morgan fingerprint density at radius 2 is 1.72 bits per heavy atom. The first-order valence-electron chi connectivity index (χ1n) is 13.1. The van der Waals surface area contributed by atoms with E-state index in [1.807, 2.05) is 25.1 Å². The van der Waals surface area contributed by atoms with Crippen molar-refractivity contribution in [3.63, 3.8) is 0 Å². The number of rotatable bonds is 8. The third-order valence-corrected chi connectivity index (χ3v) is 7.10. The number of ketones is 1. The summed E-state index contributed by atoms with van der Waals surface area (Å²) in [5.74, 6) is -1.05. The van der Waals surface area contributed by atoms with Gasteiger partial charge >= 0.3 is 0 Å². The standard InChI is InChI=1S/C31H32N2O6/c1-21-4-2-5-22(18-21)20-39-26-10-8-23(9-11-26)29(35)27-28(24-6-3-7-25(34)19-24)33(31(37)30(27)36)13-12-32-14-16-38-17-15-32/h2-11,18-19,28,34-35H,12-17,20H2,1H3/b29-27+. The Hall–Kier alpha value is -4.14. The van der Waals surface area contributed by atoms with Crippen molar-refractivity contribution < 1.29 is 29.3 Å². The van der Waals surface area contributed by atoms with Crippen LogP contribution in [0.2, 0.25) is 0 Å². The molecule has 1 amide bonds. The van der Waals surface area contributed by atoms with Crippen LogP contribution in [0.3, 0.4) is 0 Å². The van der Waals surface area contributed by atoms with Crippen LogP contribution in [0.15, 0.2) is 78.4 Å². The normalized spacial score (nSPS) is 19.4. The molecule has 1 unspecified atom stereocenters. The second kappa shape index (κ2) is 11.7. The average Bonchev–Trinajstić information content (AvgIpc) is 3.20. The summed E-state index contributed by atoms with van der Waals surface area (Å²) in [7, 11) is 0. The zero-order valence-electron chi connectivity index (χ0n) is 21.9. The highest BCUT2D eigenvalue weighted by molar-refractivity contribution is 6.46. The molecule has 2 heterocycles. The third-order valence-electron chi connectivity index (χ3n) is 7.10. The number of aliphatic hydroxyl groups is 1. The smallest absolute Gasteiger partial charge is 0.295 e. The van der Waals surface area contributed by atoms with Gasteiger partial charge in [-0.15, -0.1) is 0 Å². The number of phenolic OH excluding ortho intramolecular Hbond substituents is 1. The van der Waals surface area contributed by atoms with Crippen molar-refractivity contribution in [1.82, 2.24) is 9.80 Å². The second-order valence-electron chi connectivity index (χ2n) is 9.84. The zero-order chi connectivity index (χ0) is 27.4. The summed E-state index contributed by atoms with van der Waals surface area (Å²) in [6.07, 6.45) is 0. The van der Waals surface area contributed by atoms with Gasteiger partial charge < -0.3 is 24.6 Å². The lowest BCUT2D eigenvalue weighted by atomic mass is 9.95. The molecule has 5 rings (SSSR count). The lowest BCUT2D eigenvalue weighted by Crippen LogP contribution is -2.42. The molecule has 202 valence electrons. The largest absolute Gasteiger partial charge is 0.508 e. The van der Waals surface area contributed by atoms with E-state index in [-0.39, 0.29) is 17.1 Å². The monoisotopic (exact) mass is 528 g/mol. The summed E-state index contributed by atoms with van der Waals surface area (Å²) < 4.78 is 11.3. The fourth-order valence-electron chi connectivity index (χ4n) is 5.06. The maximum absolute atomic E-state index is 13.3. The fraction of sp³-hybridized carbons (Fsp3) is 0.290. The Kier molecular flexibility index (Phi) is 7.95. The van der Waals surface area contributed by atoms with Crippen LogP contribution in [0.25, 0.3) is 5.76 Å². The Balaban J connectivity index is 1.41. The molecular formula is C31H32N2O6. The minimum Gasteiger partial charge on any atom is -0.508 e. The molecule has 2 aliphatic rings. The first-order valence-corrected chi connectivity index (χ1v) is 13.1. The quantitative estimate of drug-likeness (QED) is 0.259. The molecule has 2 N–H and O–H groups in total. The van der Waals surface area contributed by atoms with Gasteiger partial charge in [0.05, 0.1) is 24.8 Å². The molecule has 0 aliphatic carbocycles. The van der Waals surface area contributed by atoms with Crippen molar-refractivity contribution >= 4 is 17.4 Å². The molecule has 0 aromatic heterocycles. The third kappa shape index (κ3) is 5.97. The molecule has 3 aromatic carbocycles. The number of likely N-dealkylation sites (tertiary alicyclic amines) is 1. The zero-order valence-corrected chi connectivity index (χ0v) is 21.9. The number of aliphatic hydroxyl groups excluding tert-OH is 1. The van der Waals surface area contributed by atoms with Gasteiger partial charge in [0.2, 0.25) is 0 Å². The van der Waals surface area contributed by atoms with Crippen LogP contribution in [0.4, 0.5) is 0 Å². The summed E-state index contributed by atoms with van der Waals surface area (Å²) >= 11 is 0. The first kappa shape index (κ1) is 26.5. The molecule has 2 fully saturated rings. The van der Waals surface area contributed by atoms with E-state index >= 15 is 0 Å². The van der Waals surface area contributed by atoms with Crippen molar-refractivity contribution in [3.8, 4) is 11.5 Å². The summed E-state index contributed by atoms with van der Waals surface area (Å²) in [6.45, 7) is 6.04. The first-order chi connectivity index (χ1) is 18.9. The number of ether oxygens (including phenoxy) is 2. The van der Waals surface area contributed by atoms with Crippen LogP contribution in [0, 0.1) is 6.92 Å². The molecule has 39 heavy (non-hydrogen) atoms. The Labute approximate surface area is 227 Å². The number of carbonyl (C=O) groups is 2. The summed E-state index contributed by atoms with van der Waals surface area (Å²) in [6, 6.07) is 20.5. The van der Waals surface area contributed by atoms with Gasteiger partial charge in [-0.1, -0.05) is 42.0 Å². The van der Waals surface area contributed by atoms with E-state index in [0.29, 0.717) is 49.8 Å². The number of benzene rings is 3. The molecule has 0 saturated carbocycles. The number of Topliss-reactive ketones (excluding diaryl/α,β-unsaturated/α-hetero) is 1. The minimum atomic E-state index is -0.824. The number of nitrogens with zero attached hydrogens (tertiary/aromatic N) is 2. The van der Waals surface area contributed by atoms with Gasteiger partial charge in [-0.25, -0.2) is 0 Å². The Bertz CT molecular complexity index is 1380. The van der Waals surface area contributed by atoms with Gasteiger partial charge in [0.1, 0.15) is 23.9 Å². The van der Waals surface area contributed by atoms with E-state index in [1.54, 1.807) is 36.4 Å². The van der Waals surface area contributed by atoms with Crippen LogP contribution in [-0.4, -0.2) is 71.1 Å². The van der Waals surface area contributed by atoms with Crippen LogP contribution in [-0.2, 0) is 20.9 Å². The number of morpholine rings is 1. The van der Waals surface area contributed by atoms with E-state index in [2.05, 4.69) is 11.0 Å². The summed E-state index contributed by atoms with van der Waals surface area (Å²) in [5, 5.41) is 21.5. The Morgan fingerprint density at radius 1 is 0.974 bits per heavy atom. The van der Waals surface area contributed by atoms with Gasteiger partial charge in [0.25, 0.3) is 11.7 Å².